The van der Waals surface area contributed by atoms with E-state index in [4.69, 9.17) is 4.42 Å². The molecule has 0 bridgehead atoms. The quantitative estimate of drug-likeness (QED) is 0.848. The van der Waals surface area contributed by atoms with Gasteiger partial charge in [-0.3, -0.25) is 9.59 Å². The molecule has 2 rings (SSSR count). The third kappa shape index (κ3) is 4.61. The van der Waals surface area contributed by atoms with Crippen LogP contribution in [0.5, 0.6) is 0 Å². The van der Waals surface area contributed by atoms with Crippen molar-refractivity contribution in [3.8, 4) is 0 Å². The fourth-order valence-corrected chi connectivity index (χ4v) is 2.87. The van der Waals surface area contributed by atoms with Gasteiger partial charge in [-0.25, -0.2) is 0 Å². The first-order valence-corrected chi connectivity index (χ1v) is 8.18. The molecule has 0 spiro atoms. The molecular formula is C17H26N2O3. The number of rotatable bonds is 6. The highest BCUT2D eigenvalue weighted by atomic mass is 16.3. The summed E-state index contributed by atoms with van der Waals surface area (Å²) in [7, 11) is 0. The van der Waals surface area contributed by atoms with E-state index in [1.54, 1.807) is 12.3 Å². The number of hydrogen-bond acceptors (Lipinski definition) is 3. The fourth-order valence-electron chi connectivity index (χ4n) is 2.87. The summed E-state index contributed by atoms with van der Waals surface area (Å²) in [6, 6.07) is 3.10. The minimum Gasteiger partial charge on any atom is -0.467 e. The molecule has 22 heavy (non-hydrogen) atoms. The number of carbonyl (C=O) groups excluding carboxylic acids is 2. The lowest BCUT2D eigenvalue weighted by molar-refractivity contribution is -0.132. The highest BCUT2D eigenvalue weighted by Crippen LogP contribution is 2.24. The minimum atomic E-state index is -0.496. The predicted octanol–water partition coefficient (Wildman–Crippen LogP) is 2.62. The molecule has 2 amide bonds. The van der Waals surface area contributed by atoms with Gasteiger partial charge in [0.2, 0.25) is 11.8 Å². The molecule has 1 aromatic rings. The molecule has 1 heterocycles. The van der Waals surface area contributed by atoms with Gasteiger partial charge in [-0.2, -0.15) is 0 Å². The van der Waals surface area contributed by atoms with E-state index in [9.17, 15) is 9.59 Å². The molecule has 0 aromatic carbocycles. The van der Waals surface area contributed by atoms with E-state index in [1.165, 1.54) is 6.42 Å². The Morgan fingerprint density at radius 1 is 1.27 bits per heavy atom. The number of furan rings is 1. The van der Waals surface area contributed by atoms with Crippen molar-refractivity contribution < 1.29 is 14.0 Å². The summed E-state index contributed by atoms with van der Waals surface area (Å²) >= 11 is 0. The lowest BCUT2D eigenvalue weighted by atomic mass is 9.88. The Morgan fingerprint density at radius 2 is 2.00 bits per heavy atom. The summed E-state index contributed by atoms with van der Waals surface area (Å²) in [6.45, 7) is 4.23. The Balaban J connectivity index is 1.87. The van der Waals surface area contributed by atoms with E-state index in [1.807, 2.05) is 19.9 Å². The van der Waals surface area contributed by atoms with Gasteiger partial charge in [0, 0.05) is 5.92 Å². The summed E-state index contributed by atoms with van der Waals surface area (Å²) in [5, 5.41) is 5.76. The van der Waals surface area contributed by atoms with E-state index in [-0.39, 0.29) is 23.7 Å². The Bertz CT molecular complexity index is 476. The second-order valence-corrected chi connectivity index (χ2v) is 6.36. The zero-order chi connectivity index (χ0) is 15.9. The third-order valence-electron chi connectivity index (χ3n) is 4.24. The van der Waals surface area contributed by atoms with Crippen molar-refractivity contribution in [3.05, 3.63) is 24.2 Å². The normalized spacial score (nSPS) is 17.2. The highest BCUT2D eigenvalue weighted by molar-refractivity contribution is 5.88. The summed E-state index contributed by atoms with van der Waals surface area (Å²) in [5.74, 6) is 0.675. The van der Waals surface area contributed by atoms with Gasteiger partial charge in [0.05, 0.1) is 12.8 Å². The van der Waals surface area contributed by atoms with Crippen LogP contribution in [-0.2, 0) is 16.1 Å². The molecule has 1 aliphatic carbocycles. The van der Waals surface area contributed by atoms with E-state index < -0.39 is 6.04 Å². The van der Waals surface area contributed by atoms with Gasteiger partial charge in [0.25, 0.3) is 0 Å². The van der Waals surface area contributed by atoms with Crippen molar-refractivity contribution in [2.75, 3.05) is 0 Å². The molecule has 1 atom stereocenters. The molecule has 1 saturated carbocycles. The molecular weight excluding hydrogens is 280 g/mol. The Labute approximate surface area is 131 Å². The van der Waals surface area contributed by atoms with E-state index in [2.05, 4.69) is 10.6 Å². The molecule has 1 fully saturated rings. The third-order valence-corrected chi connectivity index (χ3v) is 4.24. The fraction of sp³-hybridized carbons (Fsp3) is 0.647. The number of hydrogen-bond donors (Lipinski definition) is 2. The Kier molecular flexibility index (Phi) is 6.04. The van der Waals surface area contributed by atoms with Crippen LogP contribution in [0.1, 0.15) is 51.7 Å². The monoisotopic (exact) mass is 306 g/mol. The summed E-state index contributed by atoms with van der Waals surface area (Å²) in [5.41, 5.74) is 0. The first-order chi connectivity index (χ1) is 10.6. The molecule has 2 N–H and O–H groups in total. The predicted molar refractivity (Wildman–Crippen MR) is 83.9 cm³/mol. The summed E-state index contributed by atoms with van der Waals surface area (Å²) < 4.78 is 5.20. The molecule has 0 saturated heterocycles. The zero-order valence-corrected chi connectivity index (χ0v) is 13.4. The van der Waals surface area contributed by atoms with Crippen LogP contribution in [0, 0.1) is 11.8 Å². The van der Waals surface area contributed by atoms with E-state index >= 15 is 0 Å². The number of nitrogens with one attached hydrogen (secondary N) is 2. The van der Waals surface area contributed by atoms with Gasteiger partial charge < -0.3 is 15.1 Å². The molecule has 5 heteroatoms. The number of carbonyl (C=O) groups is 2. The number of amides is 2. The molecule has 0 unspecified atom stereocenters. The van der Waals surface area contributed by atoms with Gasteiger partial charge in [0.15, 0.2) is 0 Å². The second kappa shape index (κ2) is 8.01. The Hall–Kier alpha value is -1.78. The van der Waals surface area contributed by atoms with Crippen molar-refractivity contribution in [2.45, 2.75) is 58.5 Å². The lowest BCUT2D eigenvalue weighted by Crippen LogP contribution is -2.51. The van der Waals surface area contributed by atoms with Gasteiger partial charge in [-0.05, 0) is 30.9 Å². The highest BCUT2D eigenvalue weighted by Gasteiger charge is 2.28. The van der Waals surface area contributed by atoms with Gasteiger partial charge in [-0.1, -0.05) is 33.1 Å². The van der Waals surface area contributed by atoms with Crippen LogP contribution < -0.4 is 10.6 Å². The SMILES string of the molecule is CC(C)[C@H](NC(=O)C1CCCCC1)C(=O)NCc1ccco1. The van der Waals surface area contributed by atoms with Crippen LogP contribution >= 0.6 is 0 Å². The van der Waals surface area contributed by atoms with Crippen molar-refractivity contribution >= 4 is 11.8 Å². The molecule has 0 aliphatic heterocycles. The maximum Gasteiger partial charge on any atom is 0.243 e. The standard InChI is InChI=1S/C17H26N2O3/c1-12(2)15(17(21)18-11-14-9-6-10-22-14)19-16(20)13-7-4-3-5-8-13/h6,9-10,12-13,15H,3-5,7-8,11H2,1-2H3,(H,18,21)(H,19,20)/t15-/m0/s1. The minimum absolute atomic E-state index is 0.0200. The topological polar surface area (TPSA) is 71.3 Å². The van der Waals surface area contributed by atoms with Crippen LogP contribution in [0.15, 0.2) is 22.8 Å². The van der Waals surface area contributed by atoms with Crippen LogP contribution in [0.25, 0.3) is 0 Å². The molecule has 0 radical (unpaired) electrons. The van der Waals surface area contributed by atoms with Crippen molar-refractivity contribution in [2.24, 2.45) is 11.8 Å². The second-order valence-electron chi connectivity index (χ2n) is 6.36. The first kappa shape index (κ1) is 16.6. The van der Waals surface area contributed by atoms with Crippen LogP contribution in [-0.4, -0.2) is 17.9 Å². The molecule has 122 valence electrons. The van der Waals surface area contributed by atoms with Crippen LogP contribution in [0.4, 0.5) is 0 Å². The maximum absolute atomic E-state index is 12.3. The Morgan fingerprint density at radius 3 is 2.59 bits per heavy atom. The smallest absolute Gasteiger partial charge is 0.243 e. The van der Waals surface area contributed by atoms with Crippen molar-refractivity contribution in [1.82, 2.24) is 10.6 Å². The average Bonchev–Trinajstić information content (AvgIpc) is 3.04. The van der Waals surface area contributed by atoms with E-state index in [0.29, 0.717) is 12.3 Å². The zero-order valence-electron chi connectivity index (χ0n) is 13.4. The molecule has 1 aliphatic rings. The van der Waals surface area contributed by atoms with Crippen LogP contribution in [0.3, 0.4) is 0 Å². The largest absolute Gasteiger partial charge is 0.467 e. The maximum atomic E-state index is 12.3. The first-order valence-electron chi connectivity index (χ1n) is 8.18. The lowest BCUT2D eigenvalue weighted by Gasteiger charge is -2.26. The van der Waals surface area contributed by atoms with E-state index in [0.717, 1.165) is 25.7 Å². The summed E-state index contributed by atoms with van der Waals surface area (Å²) in [4.78, 5) is 24.7. The molecule has 1 aromatic heterocycles. The van der Waals surface area contributed by atoms with Gasteiger partial charge in [0.1, 0.15) is 11.8 Å². The van der Waals surface area contributed by atoms with Gasteiger partial charge in [-0.15, -0.1) is 0 Å². The molecule has 5 nitrogen and oxygen atoms in total. The average molecular weight is 306 g/mol. The van der Waals surface area contributed by atoms with Gasteiger partial charge >= 0.3 is 0 Å². The summed E-state index contributed by atoms with van der Waals surface area (Å²) in [6.07, 6.45) is 6.87. The van der Waals surface area contributed by atoms with Crippen molar-refractivity contribution in [3.63, 3.8) is 0 Å². The van der Waals surface area contributed by atoms with Crippen LogP contribution in [0.2, 0.25) is 0 Å². The van der Waals surface area contributed by atoms with Crippen molar-refractivity contribution in [1.29, 1.82) is 0 Å².